The summed E-state index contributed by atoms with van der Waals surface area (Å²) in [6.45, 7) is 1.49. The second-order valence-electron chi connectivity index (χ2n) is 6.68. The summed E-state index contributed by atoms with van der Waals surface area (Å²) in [5, 5.41) is 13.3. The molecule has 0 radical (unpaired) electrons. The van der Waals surface area contributed by atoms with Gasteiger partial charge in [0.2, 0.25) is 0 Å². The van der Waals surface area contributed by atoms with Crippen LogP contribution in [-0.4, -0.2) is 45.1 Å². The number of carbonyl (C=O) groups excluding carboxylic acids is 1. The van der Waals surface area contributed by atoms with Crippen molar-refractivity contribution in [2.24, 2.45) is 0 Å². The SMILES string of the molecule is O=C(O)/C(=C\c1c[nH]c2nccc(NC(=O)N3CCCC3)c12)c1ccccc1. The molecule has 0 spiro atoms. The number of hydrogen-bond donors (Lipinski definition) is 3. The van der Waals surface area contributed by atoms with Crippen molar-refractivity contribution >= 4 is 40.4 Å². The summed E-state index contributed by atoms with van der Waals surface area (Å²) < 4.78 is 0. The van der Waals surface area contributed by atoms with Crippen LogP contribution in [0.1, 0.15) is 24.0 Å². The van der Waals surface area contributed by atoms with Crippen molar-refractivity contribution < 1.29 is 14.7 Å². The van der Waals surface area contributed by atoms with Crippen LogP contribution in [-0.2, 0) is 4.79 Å². The Labute approximate surface area is 161 Å². The van der Waals surface area contributed by atoms with Crippen molar-refractivity contribution in [2.75, 3.05) is 18.4 Å². The van der Waals surface area contributed by atoms with Gasteiger partial charge in [0.1, 0.15) is 5.65 Å². The summed E-state index contributed by atoms with van der Waals surface area (Å²) in [5.41, 5.74) is 2.62. The van der Waals surface area contributed by atoms with E-state index >= 15 is 0 Å². The maximum atomic E-state index is 12.5. The van der Waals surface area contributed by atoms with Crippen molar-refractivity contribution in [3.63, 3.8) is 0 Å². The molecule has 2 aromatic heterocycles. The van der Waals surface area contributed by atoms with Crippen LogP contribution in [0.15, 0.2) is 48.8 Å². The van der Waals surface area contributed by atoms with Gasteiger partial charge in [0.05, 0.1) is 11.3 Å². The van der Waals surface area contributed by atoms with Gasteiger partial charge in [-0.25, -0.2) is 14.6 Å². The summed E-state index contributed by atoms with van der Waals surface area (Å²) in [4.78, 5) is 33.5. The van der Waals surface area contributed by atoms with E-state index in [1.165, 1.54) is 0 Å². The topological polar surface area (TPSA) is 98.3 Å². The zero-order chi connectivity index (χ0) is 19.5. The Hall–Kier alpha value is -3.61. The van der Waals surface area contributed by atoms with E-state index in [0.717, 1.165) is 25.9 Å². The molecule has 1 fully saturated rings. The molecule has 7 heteroatoms. The molecule has 3 N–H and O–H groups in total. The molecule has 2 amide bonds. The molecule has 0 bridgehead atoms. The van der Waals surface area contributed by atoms with Crippen LogP contribution in [0.5, 0.6) is 0 Å². The Bertz CT molecular complexity index is 1050. The smallest absolute Gasteiger partial charge is 0.336 e. The molecular formula is C21H20N4O3. The third-order valence-corrected chi connectivity index (χ3v) is 4.85. The number of carbonyl (C=O) groups is 2. The number of amides is 2. The number of hydrogen-bond acceptors (Lipinski definition) is 3. The summed E-state index contributed by atoms with van der Waals surface area (Å²) in [5.74, 6) is -1.02. The molecule has 4 rings (SSSR count). The Kier molecular flexibility index (Phi) is 4.80. The van der Waals surface area contributed by atoms with Gasteiger partial charge in [-0.05, 0) is 30.5 Å². The van der Waals surface area contributed by atoms with E-state index in [1.807, 2.05) is 6.07 Å². The van der Waals surface area contributed by atoms with Gasteiger partial charge in [-0.15, -0.1) is 0 Å². The van der Waals surface area contributed by atoms with E-state index in [9.17, 15) is 14.7 Å². The first-order chi connectivity index (χ1) is 13.6. The van der Waals surface area contributed by atoms with Crippen molar-refractivity contribution in [3.05, 3.63) is 59.9 Å². The van der Waals surface area contributed by atoms with Gasteiger partial charge < -0.3 is 20.3 Å². The van der Waals surface area contributed by atoms with Crippen molar-refractivity contribution in [3.8, 4) is 0 Å². The van der Waals surface area contributed by atoms with Gasteiger partial charge in [0, 0.05) is 36.4 Å². The van der Waals surface area contributed by atoms with Crippen LogP contribution >= 0.6 is 0 Å². The van der Waals surface area contributed by atoms with Gasteiger partial charge in [-0.1, -0.05) is 30.3 Å². The van der Waals surface area contributed by atoms with Crippen molar-refractivity contribution in [1.29, 1.82) is 0 Å². The first kappa shape index (κ1) is 17.8. The largest absolute Gasteiger partial charge is 0.478 e. The van der Waals surface area contributed by atoms with Crippen LogP contribution in [0.2, 0.25) is 0 Å². The highest BCUT2D eigenvalue weighted by Crippen LogP contribution is 2.29. The maximum Gasteiger partial charge on any atom is 0.336 e. The molecule has 0 aliphatic carbocycles. The van der Waals surface area contributed by atoms with E-state index < -0.39 is 5.97 Å². The lowest BCUT2D eigenvalue weighted by Gasteiger charge is -2.16. The molecule has 3 aromatic rings. The molecule has 0 saturated carbocycles. The number of likely N-dealkylation sites (tertiary alicyclic amines) is 1. The summed E-state index contributed by atoms with van der Waals surface area (Å²) >= 11 is 0. The zero-order valence-electron chi connectivity index (χ0n) is 15.2. The van der Waals surface area contributed by atoms with Crippen LogP contribution in [0.25, 0.3) is 22.7 Å². The lowest BCUT2D eigenvalue weighted by atomic mass is 10.0. The molecule has 142 valence electrons. The normalized spacial score (nSPS) is 14.4. The Morgan fingerprint density at radius 1 is 1.14 bits per heavy atom. The van der Waals surface area contributed by atoms with Gasteiger partial charge in [0.15, 0.2) is 0 Å². The Balaban J connectivity index is 1.75. The minimum atomic E-state index is -1.02. The summed E-state index contributed by atoms with van der Waals surface area (Å²) in [7, 11) is 0. The number of aromatic nitrogens is 2. The number of benzene rings is 1. The van der Waals surface area contributed by atoms with E-state index in [4.69, 9.17) is 0 Å². The average molecular weight is 376 g/mol. The number of carboxylic acid groups (broad SMARTS) is 1. The van der Waals surface area contributed by atoms with Crippen LogP contribution in [0.4, 0.5) is 10.5 Å². The lowest BCUT2D eigenvalue weighted by molar-refractivity contribution is -0.130. The molecule has 28 heavy (non-hydrogen) atoms. The van der Waals surface area contributed by atoms with E-state index in [2.05, 4.69) is 15.3 Å². The number of aromatic amines is 1. The van der Waals surface area contributed by atoms with Crippen LogP contribution in [0, 0.1) is 0 Å². The van der Waals surface area contributed by atoms with Gasteiger partial charge >= 0.3 is 12.0 Å². The fourth-order valence-corrected chi connectivity index (χ4v) is 3.46. The number of fused-ring (bicyclic) bond motifs is 1. The Morgan fingerprint density at radius 3 is 2.61 bits per heavy atom. The number of urea groups is 1. The highest BCUT2D eigenvalue weighted by Gasteiger charge is 2.20. The van der Waals surface area contributed by atoms with Gasteiger partial charge in [0.25, 0.3) is 0 Å². The number of anilines is 1. The number of carboxylic acids is 1. The van der Waals surface area contributed by atoms with Crippen molar-refractivity contribution in [1.82, 2.24) is 14.9 Å². The quantitative estimate of drug-likeness (QED) is 0.603. The maximum absolute atomic E-state index is 12.5. The molecular weight excluding hydrogens is 356 g/mol. The molecule has 1 saturated heterocycles. The lowest BCUT2D eigenvalue weighted by Crippen LogP contribution is -2.32. The van der Waals surface area contributed by atoms with E-state index in [-0.39, 0.29) is 11.6 Å². The molecule has 1 aliphatic heterocycles. The van der Waals surface area contributed by atoms with Crippen molar-refractivity contribution in [2.45, 2.75) is 12.8 Å². The number of pyridine rings is 1. The van der Waals surface area contributed by atoms with Gasteiger partial charge in [-0.2, -0.15) is 0 Å². The summed E-state index contributed by atoms with van der Waals surface area (Å²) in [6.07, 6.45) is 6.94. The fraction of sp³-hybridized carbons (Fsp3) is 0.190. The monoisotopic (exact) mass is 376 g/mol. The third kappa shape index (κ3) is 3.46. The van der Waals surface area contributed by atoms with Gasteiger partial charge in [-0.3, -0.25) is 0 Å². The zero-order valence-corrected chi connectivity index (χ0v) is 15.2. The summed E-state index contributed by atoms with van der Waals surface area (Å²) in [6, 6.07) is 10.5. The molecule has 0 atom stereocenters. The third-order valence-electron chi connectivity index (χ3n) is 4.85. The minimum absolute atomic E-state index is 0.150. The molecule has 1 aliphatic rings. The van der Waals surface area contributed by atoms with Crippen LogP contribution in [0.3, 0.4) is 0 Å². The molecule has 7 nitrogen and oxygen atoms in total. The number of H-pyrrole nitrogens is 1. The predicted molar refractivity (Wildman–Crippen MR) is 108 cm³/mol. The number of nitrogens with zero attached hydrogens (tertiary/aromatic N) is 2. The Morgan fingerprint density at radius 2 is 1.89 bits per heavy atom. The highest BCUT2D eigenvalue weighted by molar-refractivity contribution is 6.22. The molecule has 3 heterocycles. The highest BCUT2D eigenvalue weighted by atomic mass is 16.4. The molecule has 1 aromatic carbocycles. The molecule has 0 unspecified atom stereocenters. The first-order valence-corrected chi connectivity index (χ1v) is 9.16. The number of rotatable bonds is 4. The predicted octanol–water partition coefficient (Wildman–Crippen LogP) is 3.82. The number of aliphatic carboxylic acids is 1. The van der Waals surface area contributed by atoms with E-state index in [0.29, 0.717) is 27.8 Å². The first-order valence-electron chi connectivity index (χ1n) is 9.16. The standard InChI is InChI=1S/C21H20N4O3/c26-20(27)16(14-6-2-1-3-7-14)12-15-13-23-19-18(15)17(8-9-22-19)24-21(28)25-10-4-5-11-25/h1-3,6-9,12-13H,4-5,10-11H2,(H,26,27)(H2,22,23,24,28)/b16-12-. The van der Waals surface area contributed by atoms with Crippen LogP contribution < -0.4 is 5.32 Å². The average Bonchev–Trinajstić information content (AvgIpc) is 3.37. The minimum Gasteiger partial charge on any atom is -0.478 e. The second-order valence-corrected chi connectivity index (χ2v) is 6.68. The number of nitrogens with one attached hydrogen (secondary N) is 2. The fourth-order valence-electron chi connectivity index (χ4n) is 3.46. The van der Waals surface area contributed by atoms with E-state index in [1.54, 1.807) is 53.7 Å². The second kappa shape index (κ2) is 7.56.